The van der Waals surface area contributed by atoms with Gasteiger partial charge in [0.1, 0.15) is 0 Å². The van der Waals surface area contributed by atoms with Gasteiger partial charge in [-0.25, -0.2) is 0 Å². The second kappa shape index (κ2) is 8.14. The zero-order valence-electron chi connectivity index (χ0n) is 10.2. The number of nitrogens with two attached hydrogens (primary N) is 1. The van der Waals surface area contributed by atoms with E-state index in [1.165, 1.54) is 0 Å². The van der Waals surface area contributed by atoms with Crippen LogP contribution in [0.5, 0.6) is 0 Å². The number of hydrogen-bond donors (Lipinski definition) is 2. The van der Waals surface area contributed by atoms with Crippen molar-refractivity contribution < 1.29 is 4.79 Å². The van der Waals surface area contributed by atoms with Gasteiger partial charge in [-0.15, -0.1) is 0 Å². The van der Waals surface area contributed by atoms with E-state index in [2.05, 4.69) is 12.2 Å². The van der Waals surface area contributed by atoms with Gasteiger partial charge in [0, 0.05) is 12.3 Å². The summed E-state index contributed by atoms with van der Waals surface area (Å²) in [6, 6.07) is 9.39. The summed E-state index contributed by atoms with van der Waals surface area (Å²) < 4.78 is 0. The Kier molecular flexibility index (Phi) is 6.74. The second-order valence-corrected chi connectivity index (χ2v) is 5.18. The molecule has 0 fully saturated rings. The fourth-order valence-corrected chi connectivity index (χ4v) is 2.02. The Hall–Kier alpha value is -1.00. The summed E-state index contributed by atoms with van der Waals surface area (Å²) >= 11 is 1.81. The molecular formula is C13H20N2OS. The SMILES string of the molecule is CCSCCNC(=O)C(N)Cc1ccccc1. The molecule has 1 amide bonds. The van der Waals surface area contributed by atoms with Crippen molar-refractivity contribution in [3.05, 3.63) is 35.9 Å². The van der Waals surface area contributed by atoms with E-state index >= 15 is 0 Å². The largest absolute Gasteiger partial charge is 0.354 e. The van der Waals surface area contributed by atoms with Crippen LogP contribution in [0.2, 0.25) is 0 Å². The summed E-state index contributed by atoms with van der Waals surface area (Å²) in [5.41, 5.74) is 6.94. The Balaban J connectivity index is 2.27. The lowest BCUT2D eigenvalue weighted by molar-refractivity contribution is -0.122. The summed E-state index contributed by atoms with van der Waals surface area (Å²) in [5.74, 6) is 1.96. The maximum atomic E-state index is 11.7. The number of carbonyl (C=O) groups is 1. The van der Waals surface area contributed by atoms with Crippen molar-refractivity contribution in [3.63, 3.8) is 0 Å². The van der Waals surface area contributed by atoms with Crippen molar-refractivity contribution in [1.29, 1.82) is 0 Å². The van der Waals surface area contributed by atoms with Crippen LogP contribution >= 0.6 is 11.8 Å². The smallest absolute Gasteiger partial charge is 0.237 e. The van der Waals surface area contributed by atoms with E-state index in [0.717, 1.165) is 17.1 Å². The highest BCUT2D eigenvalue weighted by atomic mass is 32.2. The van der Waals surface area contributed by atoms with E-state index in [4.69, 9.17) is 5.73 Å². The molecule has 17 heavy (non-hydrogen) atoms. The Bertz CT molecular complexity index is 329. The lowest BCUT2D eigenvalue weighted by atomic mass is 10.1. The number of thioether (sulfide) groups is 1. The Morgan fingerprint density at radius 2 is 2.12 bits per heavy atom. The minimum absolute atomic E-state index is 0.0643. The molecule has 0 saturated carbocycles. The van der Waals surface area contributed by atoms with Gasteiger partial charge >= 0.3 is 0 Å². The quantitative estimate of drug-likeness (QED) is 0.722. The summed E-state index contributed by atoms with van der Waals surface area (Å²) in [6.45, 7) is 2.80. The Morgan fingerprint density at radius 1 is 1.41 bits per heavy atom. The molecule has 1 atom stereocenters. The monoisotopic (exact) mass is 252 g/mol. The average Bonchev–Trinajstić information content (AvgIpc) is 2.35. The molecule has 0 heterocycles. The first-order valence-electron chi connectivity index (χ1n) is 5.89. The molecule has 94 valence electrons. The highest BCUT2D eigenvalue weighted by Gasteiger charge is 2.12. The third-order valence-corrected chi connectivity index (χ3v) is 3.29. The number of hydrogen-bond acceptors (Lipinski definition) is 3. The van der Waals surface area contributed by atoms with Crippen LogP contribution in [0.25, 0.3) is 0 Å². The molecule has 3 nitrogen and oxygen atoms in total. The molecule has 1 aromatic rings. The molecule has 1 rings (SSSR count). The number of benzene rings is 1. The van der Waals surface area contributed by atoms with Crippen LogP contribution in [0, 0.1) is 0 Å². The average molecular weight is 252 g/mol. The van der Waals surface area contributed by atoms with Gasteiger partial charge in [0.2, 0.25) is 5.91 Å². The normalized spacial score (nSPS) is 12.1. The number of nitrogens with one attached hydrogen (secondary N) is 1. The summed E-state index contributed by atoms with van der Waals surface area (Å²) in [5, 5.41) is 2.85. The van der Waals surface area contributed by atoms with Gasteiger partial charge in [0.25, 0.3) is 0 Å². The molecule has 0 aliphatic carbocycles. The molecule has 0 aliphatic heterocycles. The molecule has 1 aromatic carbocycles. The summed E-state index contributed by atoms with van der Waals surface area (Å²) in [7, 11) is 0. The zero-order valence-corrected chi connectivity index (χ0v) is 11.0. The minimum Gasteiger partial charge on any atom is -0.354 e. The lowest BCUT2D eigenvalue weighted by Gasteiger charge is -2.12. The summed E-state index contributed by atoms with van der Waals surface area (Å²) in [4.78, 5) is 11.7. The number of carbonyl (C=O) groups excluding carboxylic acids is 1. The van der Waals surface area contributed by atoms with Gasteiger partial charge in [0.05, 0.1) is 6.04 Å². The van der Waals surface area contributed by atoms with Crippen molar-refractivity contribution in [2.45, 2.75) is 19.4 Å². The van der Waals surface area contributed by atoms with Gasteiger partial charge in [-0.3, -0.25) is 4.79 Å². The van der Waals surface area contributed by atoms with Gasteiger partial charge in [-0.2, -0.15) is 11.8 Å². The standard InChI is InChI=1S/C13H20N2OS/c1-2-17-9-8-15-13(16)12(14)10-11-6-4-3-5-7-11/h3-7,12H,2,8-10,14H2,1H3,(H,15,16). The van der Waals surface area contributed by atoms with E-state index in [1.54, 1.807) is 0 Å². The molecule has 0 bridgehead atoms. The molecule has 1 unspecified atom stereocenters. The van der Waals surface area contributed by atoms with Crippen LogP contribution in [0.1, 0.15) is 12.5 Å². The maximum absolute atomic E-state index is 11.7. The zero-order chi connectivity index (χ0) is 12.5. The predicted molar refractivity (Wildman–Crippen MR) is 74.1 cm³/mol. The molecule has 0 radical (unpaired) electrons. The van der Waals surface area contributed by atoms with Crippen molar-refractivity contribution in [2.24, 2.45) is 5.73 Å². The minimum atomic E-state index is -0.455. The van der Waals surface area contributed by atoms with Crippen LogP contribution in [-0.2, 0) is 11.2 Å². The van der Waals surface area contributed by atoms with Crippen LogP contribution in [0.4, 0.5) is 0 Å². The first-order chi connectivity index (χ1) is 8.24. The molecule has 0 spiro atoms. The third kappa shape index (κ3) is 5.75. The molecule has 4 heteroatoms. The number of amides is 1. The maximum Gasteiger partial charge on any atom is 0.237 e. The third-order valence-electron chi connectivity index (χ3n) is 2.38. The van der Waals surface area contributed by atoms with E-state index in [9.17, 15) is 4.79 Å². The van der Waals surface area contributed by atoms with Gasteiger partial charge in [-0.05, 0) is 17.7 Å². The fraction of sp³-hybridized carbons (Fsp3) is 0.462. The van der Waals surface area contributed by atoms with Crippen molar-refractivity contribution in [3.8, 4) is 0 Å². The number of rotatable bonds is 7. The van der Waals surface area contributed by atoms with Gasteiger partial charge in [0.15, 0.2) is 0 Å². The highest BCUT2D eigenvalue weighted by Crippen LogP contribution is 2.02. The van der Waals surface area contributed by atoms with E-state index in [-0.39, 0.29) is 5.91 Å². The van der Waals surface area contributed by atoms with Crippen molar-refractivity contribution in [2.75, 3.05) is 18.1 Å². The van der Waals surface area contributed by atoms with E-state index < -0.39 is 6.04 Å². The highest BCUT2D eigenvalue weighted by molar-refractivity contribution is 7.99. The Morgan fingerprint density at radius 3 is 2.76 bits per heavy atom. The first kappa shape index (κ1) is 14.1. The van der Waals surface area contributed by atoms with Crippen LogP contribution in [0.3, 0.4) is 0 Å². The predicted octanol–water partition coefficient (Wildman–Crippen LogP) is 1.43. The van der Waals surface area contributed by atoms with Gasteiger partial charge in [-0.1, -0.05) is 37.3 Å². The van der Waals surface area contributed by atoms with Crippen LogP contribution < -0.4 is 11.1 Å². The molecule has 0 aromatic heterocycles. The molecule has 0 saturated heterocycles. The van der Waals surface area contributed by atoms with Gasteiger partial charge < -0.3 is 11.1 Å². The van der Waals surface area contributed by atoms with Crippen LogP contribution in [-0.4, -0.2) is 30.0 Å². The second-order valence-electron chi connectivity index (χ2n) is 3.78. The topological polar surface area (TPSA) is 55.1 Å². The lowest BCUT2D eigenvalue weighted by Crippen LogP contribution is -2.42. The van der Waals surface area contributed by atoms with Crippen molar-refractivity contribution in [1.82, 2.24) is 5.32 Å². The Labute approximate surface area is 107 Å². The van der Waals surface area contributed by atoms with E-state index in [1.807, 2.05) is 42.1 Å². The molecule has 0 aliphatic rings. The summed E-state index contributed by atoms with van der Waals surface area (Å²) in [6.07, 6.45) is 0.591. The first-order valence-corrected chi connectivity index (χ1v) is 7.04. The molecular weight excluding hydrogens is 232 g/mol. The fourth-order valence-electron chi connectivity index (χ4n) is 1.48. The van der Waals surface area contributed by atoms with E-state index in [0.29, 0.717) is 13.0 Å². The van der Waals surface area contributed by atoms with Crippen molar-refractivity contribution >= 4 is 17.7 Å². The molecule has 3 N–H and O–H groups in total. The van der Waals surface area contributed by atoms with Crippen LogP contribution in [0.15, 0.2) is 30.3 Å².